The van der Waals surface area contributed by atoms with Crippen LogP contribution in [0, 0.1) is 0 Å². The lowest BCUT2D eigenvalue weighted by Gasteiger charge is -2.37. The number of esters is 1. The third kappa shape index (κ3) is 5.60. The summed E-state index contributed by atoms with van der Waals surface area (Å²) < 4.78 is 4.88. The molecule has 1 aliphatic heterocycles. The summed E-state index contributed by atoms with van der Waals surface area (Å²) in [5.74, 6) is 0.549. The van der Waals surface area contributed by atoms with Crippen LogP contribution in [0.1, 0.15) is 35.7 Å². The Hall–Kier alpha value is -2.86. The number of likely N-dealkylation sites (tertiary alicyclic amines) is 1. The number of ether oxygens (including phenoxy) is 1. The third-order valence-electron chi connectivity index (χ3n) is 5.22. The molecule has 1 fully saturated rings. The molecule has 0 atom stereocenters. The maximum Gasteiger partial charge on any atom is 0.330 e. The zero-order valence-corrected chi connectivity index (χ0v) is 18.0. The number of hydrogen-bond donors (Lipinski definition) is 0. The number of pyridine rings is 1. The van der Waals surface area contributed by atoms with Crippen molar-refractivity contribution in [1.82, 2.24) is 9.88 Å². The summed E-state index contributed by atoms with van der Waals surface area (Å²) in [5, 5.41) is 0.627. The standard InChI is InChI=1S/C23H26ClN3O3/c1-3-30-22(28)11-5-17-4-10-21(25-16-17)26(2)20-12-14-27(15-13-20)23(29)18-6-8-19(24)9-7-18/h4-11,16,20H,3,12-15H2,1-2H3. The molecule has 6 nitrogen and oxygen atoms in total. The van der Waals surface area contributed by atoms with Gasteiger partial charge in [0.25, 0.3) is 5.91 Å². The van der Waals surface area contributed by atoms with Crippen LogP contribution in [0.25, 0.3) is 6.08 Å². The minimum atomic E-state index is -0.362. The van der Waals surface area contributed by atoms with Crippen LogP contribution in [-0.2, 0) is 9.53 Å². The number of halogens is 1. The van der Waals surface area contributed by atoms with Gasteiger partial charge in [-0.1, -0.05) is 11.6 Å². The van der Waals surface area contributed by atoms with Crippen molar-refractivity contribution in [3.8, 4) is 0 Å². The van der Waals surface area contributed by atoms with E-state index in [9.17, 15) is 9.59 Å². The van der Waals surface area contributed by atoms with Gasteiger partial charge >= 0.3 is 5.97 Å². The summed E-state index contributed by atoms with van der Waals surface area (Å²) in [4.78, 5) is 32.6. The first-order valence-corrected chi connectivity index (χ1v) is 10.4. The predicted octanol–water partition coefficient (Wildman–Crippen LogP) is 4.05. The van der Waals surface area contributed by atoms with Gasteiger partial charge < -0.3 is 14.5 Å². The number of nitrogens with zero attached hydrogens (tertiary/aromatic N) is 3. The van der Waals surface area contributed by atoms with E-state index in [2.05, 4.69) is 9.88 Å². The van der Waals surface area contributed by atoms with Gasteiger partial charge in [-0.25, -0.2) is 9.78 Å². The Balaban J connectivity index is 1.54. The van der Waals surface area contributed by atoms with Crippen LogP contribution < -0.4 is 4.90 Å². The average molecular weight is 428 g/mol. The highest BCUT2D eigenvalue weighted by atomic mass is 35.5. The Bertz CT molecular complexity index is 889. The predicted molar refractivity (Wildman–Crippen MR) is 119 cm³/mol. The Morgan fingerprint density at radius 3 is 2.50 bits per heavy atom. The zero-order valence-electron chi connectivity index (χ0n) is 17.3. The summed E-state index contributed by atoms with van der Waals surface area (Å²) in [5.41, 5.74) is 1.50. The second-order valence-corrected chi connectivity index (χ2v) is 7.61. The van der Waals surface area contributed by atoms with Gasteiger partial charge in [-0.3, -0.25) is 4.79 Å². The quantitative estimate of drug-likeness (QED) is 0.514. The molecule has 1 aromatic carbocycles. The lowest BCUT2D eigenvalue weighted by Crippen LogP contribution is -2.45. The van der Waals surface area contributed by atoms with E-state index in [1.165, 1.54) is 6.08 Å². The van der Waals surface area contributed by atoms with Crippen LogP contribution in [0.2, 0.25) is 5.02 Å². The minimum Gasteiger partial charge on any atom is -0.463 e. The van der Waals surface area contributed by atoms with Crippen molar-refractivity contribution in [3.63, 3.8) is 0 Å². The van der Waals surface area contributed by atoms with E-state index in [4.69, 9.17) is 16.3 Å². The van der Waals surface area contributed by atoms with Gasteiger partial charge in [0.2, 0.25) is 0 Å². The molecule has 158 valence electrons. The second-order valence-electron chi connectivity index (χ2n) is 7.18. The summed E-state index contributed by atoms with van der Waals surface area (Å²) in [6, 6.07) is 11.2. The summed E-state index contributed by atoms with van der Waals surface area (Å²) in [6.45, 7) is 3.54. The van der Waals surface area contributed by atoms with Crippen molar-refractivity contribution < 1.29 is 14.3 Å². The first-order chi connectivity index (χ1) is 14.5. The molecule has 0 aliphatic carbocycles. The van der Waals surface area contributed by atoms with E-state index in [0.717, 1.165) is 24.2 Å². The molecule has 7 heteroatoms. The molecule has 0 N–H and O–H groups in total. The van der Waals surface area contributed by atoms with Crippen LogP contribution in [0.15, 0.2) is 48.7 Å². The first-order valence-electron chi connectivity index (χ1n) is 10.1. The van der Waals surface area contributed by atoms with Gasteiger partial charge in [0.1, 0.15) is 5.82 Å². The fourth-order valence-corrected chi connectivity index (χ4v) is 3.60. The molecule has 2 heterocycles. The molecule has 3 rings (SSSR count). The van der Waals surface area contributed by atoms with Crippen molar-refractivity contribution >= 4 is 35.4 Å². The Kier molecular flexibility index (Phi) is 7.46. The molecule has 0 spiro atoms. The fraction of sp³-hybridized carbons (Fsp3) is 0.348. The number of amides is 1. The van der Waals surface area contributed by atoms with Gasteiger partial charge in [-0.15, -0.1) is 0 Å². The van der Waals surface area contributed by atoms with Crippen LogP contribution >= 0.6 is 11.6 Å². The number of benzene rings is 1. The molecular formula is C23H26ClN3O3. The van der Waals surface area contributed by atoms with E-state index in [1.54, 1.807) is 43.5 Å². The van der Waals surface area contributed by atoms with Gasteiger partial charge in [0.15, 0.2) is 0 Å². The number of carbonyl (C=O) groups excluding carboxylic acids is 2. The molecule has 2 aromatic rings. The van der Waals surface area contributed by atoms with E-state index >= 15 is 0 Å². The summed E-state index contributed by atoms with van der Waals surface area (Å²) in [6.07, 6.45) is 6.58. The molecule has 1 saturated heterocycles. The normalized spacial score (nSPS) is 14.7. The van der Waals surface area contributed by atoms with Crippen molar-refractivity contribution in [3.05, 3.63) is 64.8 Å². The number of aromatic nitrogens is 1. The Labute approximate surface area is 182 Å². The van der Waals surface area contributed by atoms with Crippen molar-refractivity contribution in [1.29, 1.82) is 0 Å². The largest absolute Gasteiger partial charge is 0.463 e. The highest BCUT2D eigenvalue weighted by Gasteiger charge is 2.26. The van der Waals surface area contributed by atoms with E-state index in [-0.39, 0.29) is 11.9 Å². The molecule has 1 aliphatic rings. The summed E-state index contributed by atoms with van der Waals surface area (Å²) >= 11 is 5.91. The van der Waals surface area contributed by atoms with Crippen molar-refractivity contribution in [2.75, 3.05) is 31.6 Å². The SMILES string of the molecule is CCOC(=O)C=Cc1ccc(N(C)C2CCN(C(=O)c3ccc(Cl)cc3)CC2)nc1. The fourth-order valence-electron chi connectivity index (χ4n) is 3.48. The number of anilines is 1. The second kappa shape index (κ2) is 10.3. The minimum absolute atomic E-state index is 0.0450. The topological polar surface area (TPSA) is 62.7 Å². The van der Waals surface area contributed by atoms with Crippen LogP contribution in [0.3, 0.4) is 0 Å². The first kappa shape index (κ1) is 21.8. The van der Waals surface area contributed by atoms with E-state index in [0.29, 0.717) is 36.3 Å². The van der Waals surface area contributed by atoms with Gasteiger partial charge in [0, 0.05) is 49.0 Å². The highest BCUT2D eigenvalue weighted by molar-refractivity contribution is 6.30. The van der Waals surface area contributed by atoms with Crippen molar-refractivity contribution in [2.24, 2.45) is 0 Å². The number of carbonyl (C=O) groups is 2. The molecule has 30 heavy (non-hydrogen) atoms. The number of rotatable bonds is 6. The maximum absolute atomic E-state index is 12.7. The zero-order chi connectivity index (χ0) is 21.5. The van der Waals surface area contributed by atoms with Gasteiger partial charge in [0.05, 0.1) is 6.61 Å². The van der Waals surface area contributed by atoms with Crippen LogP contribution in [-0.4, -0.2) is 54.5 Å². The Morgan fingerprint density at radius 2 is 1.90 bits per heavy atom. The lowest BCUT2D eigenvalue weighted by atomic mass is 10.0. The van der Waals surface area contributed by atoms with Gasteiger partial charge in [-0.2, -0.15) is 0 Å². The average Bonchev–Trinajstić information content (AvgIpc) is 2.78. The molecule has 0 radical (unpaired) electrons. The maximum atomic E-state index is 12.7. The van der Waals surface area contributed by atoms with Gasteiger partial charge in [-0.05, 0) is 67.8 Å². The molecular weight excluding hydrogens is 402 g/mol. The van der Waals surface area contributed by atoms with Crippen molar-refractivity contribution in [2.45, 2.75) is 25.8 Å². The van der Waals surface area contributed by atoms with Crippen LogP contribution in [0.4, 0.5) is 5.82 Å². The molecule has 0 unspecified atom stereocenters. The lowest BCUT2D eigenvalue weighted by molar-refractivity contribution is -0.137. The number of piperidine rings is 1. The molecule has 0 bridgehead atoms. The molecule has 1 aromatic heterocycles. The summed E-state index contributed by atoms with van der Waals surface area (Å²) in [7, 11) is 2.03. The number of hydrogen-bond acceptors (Lipinski definition) is 5. The smallest absolute Gasteiger partial charge is 0.330 e. The third-order valence-corrected chi connectivity index (χ3v) is 5.47. The molecule has 0 saturated carbocycles. The monoisotopic (exact) mass is 427 g/mol. The van der Waals surface area contributed by atoms with E-state index in [1.807, 2.05) is 24.1 Å². The van der Waals surface area contributed by atoms with Crippen LogP contribution in [0.5, 0.6) is 0 Å². The van der Waals surface area contributed by atoms with E-state index < -0.39 is 0 Å². The Morgan fingerprint density at radius 1 is 1.20 bits per heavy atom. The highest BCUT2D eigenvalue weighted by Crippen LogP contribution is 2.22. The molecule has 1 amide bonds.